The van der Waals surface area contributed by atoms with Crippen LogP contribution in [0, 0.1) is 0 Å². The lowest BCUT2D eigenvalue weighted by Crippen LogP contribution is -2.54. The third kappa shape index (κ3) is 1.82. The summed E-state index contributed by atoms with van der Waals surface area (Å²) in [7, 11) is 0. The van der Waals surface area contributed by atoms with Gasteiger partial charge in [0, 0.05) is 25.2 Å². The molecular weight excluding hydrogens is 188 g/mol. The van der Waals surface area contributed by atoms with Crippen molar-refractivity contribution in [1.82, 2.24) is 10.2 Å². The molecule has 0 spiro atoms. The van der Waals surface area contributed by atoms with Gasteiger partial charge in [-0.15, -0.1) is 0 Å². The number of piperazine rings is 1. The first kappa shape index (κ1) is 9.43. The van der Waals surface area contributed by atoms with Gasteiger partial charge in [-0.1, -0.05) is 6.42 Å². The van der Waals surface area contributed by atoms with Crippen LogP contribution in [0.4, 0.5) is 0 Å². The number of hydrogen-bond donors (Lipinski definition) is 1. The second-order valence-corrected chi connectivity index (χ2v) is 4.61. The Balaban J connectivity index is 1.69. The Morgan fingerprint density at radius 1 is 1.47 bits per heavy atom. The number of rotatable bonds is 2. The summed E-state index contributed by atoms with van der Waals surface area (Å²) in [5.41, 5.74) is 0. The number of hydrogen-bond acceptors (Lipinski definition) is 3. The minimum atomic E-state index is 0.730. The van der Waals surface area contributed by atoms with Crippen LogP contribution in [0.2, 0.25) is 0 Å². The summed E-state index contributed by atoms with van der Waals surface area (Å²) in [6.07, 6.45) is 5.83. The maximum Gasteiger partial charge on any atom is 0.117 e. The first-order chi connectivity index (χ1) is 7.43. The zero-order valence-electron chi connectivity index (χ0n) is 8.98. The third-order valence-corrected chi connectivity index (χ3v) is 3.69. The molecule has 15 heavy (non-hydrogen) atoms. The zero-order valence-corrected chi connectivity index (χ0v) is 8.98. The predicted octanol–water partition coefficient (Wildman–Crippen LogP) is 1.61. The summed E-state index contributed by atoms with van der Waals surface area (Å²) in [5.74, 6) is 1.10. The molecule has 3 nitrogen and oxygen atoms in total. The lowest BCUT2D eigenvalue weighted by molar-refractivity contribution is 0.120. The van der Waals surface area contributed by atoms with Crippen molar-refractivity contribution in [2.45, 2.75) is 37.9 Å². The van der Waals surface area contributed by atoms with E-state index in [1.807, 2.05) is 6.07 Å². The van der Waals surface area contributed by atoms with Crippen molar-refractivity contribution in [1.29, 1.82) is 0 Å². The molecule has 2 atom stereocenters. The van der Waals surface area contributed by atoms with E-state index in [1.54, 1.807) is 6.26 Å². The van der Waals surface area contributed by atoms with E-state index >= 15 is 0 Å². The Bertz CT molecular complexity index is 309. The summed E-state index contributed by atoms with van der Waals surface area (Å²) in [6.45, 7) is 3.26. The Kier molecular flexibility index (Phi) is 2.51. The Morgan fingerprint density at radius 3 is 3.33 bits per heavy atom. The monoisotopic (exact) mass is 206 g/mol. The standard InChI is InChI=1S/C12H18N2O/c1-4-11-12(5-1)14(7-6-13-11)9-10-3-2-8-15-10/h2-3,8,11-13H,1,4-7,9H2/t11-,12+/m1/s1. The van der Waals surface area contributed by atoms with Crippen molar-refractivity contribution in [2.75, 3.05) is 13.1 Å². The smallest absolute Gasteiger partial charge is 0.117 e. The first-order valence-electron chi connectivity index (χ1n) is 5.93. The number of nitrogens with zero attached hydrogens (tertiary/aromatic N) is 1. The predicted molar refractivity (Wildman–Crippen MR) is 58.5 cm³/mol. The number of furan rings is 1. The average molecular weight is 206 g/mol. The zero-order chi connectivity index (χ0) is 10.1. The van der Waals surface area contributed by atoms with Crippen LogP contribution in [0.5, 0.6) is 0 Å². The lowest BCUT2D eigenvalue weighted by atomic mass is 10.1. The molecule has 0 radical (unpaired) electrons. The topological polar surface area (TPSA) is 28.4 Å². The molecule has 3 rings (SSSR count). The molecule has 0 amide bonds. The van der Waals surface area contributed by atoms with Crippen molar-refractivity contribution in [2.24, 2.45) is 0 Å². The molecule has 2 heterocycles. The van der Waals surface area contributed by atoms with Gasteiger partial charge in [0.15, 0.2) is 0 Å². The van der Waals surface area contributed by atoms with E-state index in [0.29, 0.717) is 0 Å². The molecular formula is C12H18N2O. The van der Waals surface area contributed by atoms with E-state index in [1.165, 1.54) is 19.3 Å². The molecule has 0 bridgehead atoms. The van der Waals surface area contributed by atoms with Gasteiger partial charge in [-0.2, -0.15) is 0 Å². The second-order valence-electron chi connectivity index (χ2n) is 4.61. The van der Waals surface area contributed by atoms with Crippen LogP contribution in [0.25, 0.3) is 0 Å². The maximum absolute atomic E-state index is 5.42. The molecule has 1 aromatic rings. The molecule has 1 saturated carbocycles. The van der Waals surface area contributed by atoms with Gasteiger partial charge >= 0.3 is 0 Å². The summed E-state index contributed by atoms with van der Waals surface area (Å²) in [5, 5.41) is 3.62. The molecule has 2 aliphatic rings. The van der Waals surface area contributed by atoms with Crippen LogP contribution < -0.4 is 5.32 Å². The fourth-order valence-corrected chi connectivity index (χ4v) is 2.97. The van der Waals surface area contributed by atoms with Crippen molar-refractivity contribution in [3.8, 4) is 0 Å². The highest BCUT2D eigenvalue weighted by Gasteiger charge is 2.34. The minimum absolute atomic E-state index is 0.730. The maximum atomic E-state index is 5.42. The summed E-state index contributed by atoms with van der Waals surface area (Å²) in [6, 6.07) is 5.52. The van der Waals surface area contributed by atoms with Gasteiger partial charge in [0.2, 0.25) is 0 Å². The summed E-state index contributed by atoms with van der Waals surface area (Å²) < 4.78 is 5.42. The molecule has 1 aliphatic carbocycles. The molecule has 0 aromatic carbocycles. The fraction of sp³-hybridized carbons (Fsp3) is 0.667. The van der Waals surface area contributed by atoms with Gasteiger partial charge in [-0.05, 0) is 25.0 Å². The van der Waals surface area contributed by atoms with Crippen molar-refractivity contribution >= 4 is 0 Å². The normalized spacial score (nSPS) is 31.7. The van der Waals surface area contributed by atoms with Crippen molar-refractivity contribution in [3.05, 3.63) is 24.2 Å². The molecule has 0 unspecified atom stereocenters. The van der Waals surface area contributed by atoms with Crippen molar-refractivity contribution < 1.29 is 4.42 Å². The first-order valence-corrected chi connectivity index (χ1v) is 5.93. The summed E-state index contributed by atoms with van der Waals surface area (Å²) in [4.78, 5) is 2.58. The highest BCUT2D eigenvalue weighted by molar-refractivity contribution is 5.01. The Labute approximate surface area is 90.4 Å². The molecule has 82 valence electrons. The van der Waals surface area contributed by atoms with Crippen LogP contribution >= 0.6 is 0 Å². The molecule has 2 fully saturated rings. The Morgan fingerprint density at radius 2 is 2.47 bits per heavy atom. The minimum Gasteiger partial charge on any atom is -0.468 e. The van der Waals surface area contributed by atoms with Gasteiger partial charge in [0.05, 0.1) is 12.8 Å². The van der Waals surface area contributed by atoms with E-state index in [0.717, 1.165) is 37.5 Å². The molecule has 3 heteroatoms. The van der Waals surface area contributed by atoms with E-state index < -0.39 is 0 Å². The molecule has 1 aliphatic heterocycles. The fourth-order valence-electron chi connectivity index (χ4n) is 2.97. The Hall–Kier alpha value is -0.800. The summed E-state index contributed by atoms with van der Waals surface area (Å²) >= 11 is 0. The van der Waals surface area contributed by atoms with Gasteiger partial charge in [-0.25, -0.2) is 0 Å². The lowest BCUT2D eigenvalue weighted by Gasteiger charge is -2.37. The van der Waals surface area contributed by atoms with Crippen LogP contribution in [0.1, 0.15) is 25.0 Å². The van der Waals surface area contributed by atoms with Crippen LogP contribution in [0.15, 0.2) is 22.8 Å². The van der Waals surface area contributed by atoms with Crippen molar-refractivity contribution in [3.63, 3.8) is 0 Å². The van der Waals surface area contributed by atoms with Crippen LogP contribution in [0.3, 0.4) is 0 Å². The van der Waals surface area contributed by atoms with Gasteiger partial charge in [-0.3, -0.25) is 4.90 Å². The van der Waals surface area contributed by atoms with E-state index in [4.69, 9.17) is 4.42 Å². The highest BCUT2D eigenvalue weighted by Crippen LogP contribution is 2.27. The van der Waals surface area contributed by atoms with Gasteiger partial charge in [0.1, 0.15) is 5.76 Å². The molecule has 1 aromatic heterocycles. The highest BCUT2D eigenvalue weighted by atomic mass is 16.3. The van der Waals surface area contributed by atoms with E-state index in [9.17, 15) is 0 Å². The SMILES string of the molecule is c1coc(CN2CCN[C@@H]3CCC[C@@H]32)c1. The third-order valence-electron chi connectivity index (χ3n) is 3.69. The van der Waals surface area contributed by atoms with Crippen LogP contribution in [-0.4, -0.2) is 30.1 Å². The average Bonchev–Trinajstić information content (AvgIpc) is 2.87. The second kappa shape index (κ2) is 3.99. The molecule has 1 N–H and O–H groups in total. The van der Waals surface area contributed by atoms with E-state index in [2.05, 4.69) is 16.3 Å². The van der Waals surface area contributed by atoms with Gasteiger partial charge < -0.3 is 9.73 Å². The number of nitrogens with one attached hydrogen (secondary N) is 1. The van der Waals surface area contributed by atoms with Crippen LogP contribution in [-0.2, 0) is 6.54 Å². The van der Waals surface area contributed by atoms with Gasteiger partial charge in [0.25, 0.3) is 0 Å². The van der Waals surface area contributed by atoms with E-state index in [-0.39, 0.29) is 0 Å². The number of fused-ring (bicyclic) bond motifs is 1. The quantitative estimate of drug-likeness (QED) is 0.797. The largest absolute Gasteiger partial charge is 0.468 e. The molecule has 1 saturated heterocycles.